The maximum atomic E-state index is 5.47. The summed E-state index contributed by atoms with van der Waals surface area (Å²) < 4.78 is 5.47. The second kappa shape index (κ2) is 12.0. The Bertz CT molecular complexity index is 383. The number of likely N-dealkylation sites (N-methyl/N-ethyl adjacent to an activating group) is 1. The van der Waals surface area contributed by atoms with Gasteiger partial charge in [0, 0.05) is 45.8 Å². The second-order valence-corrected chi connectivity index (χ2v) is 5.41. The summed E-state index contributed by atoms with van der Waals surface area (Å²) in [6.07, 6.45) is 0. The van der Waals surface area contributed by atoms with Crippen molar-refractivity contribution in [3.8, 4) is 5.75 Å². The van der Waals surface area contributed by atoms with Crippen LogP contribution < -0.4 is 10.1 Å². The maximum Gasteiger partial charge on any atom is 0.119 e. The molecule has 4 nitrogen and oxygen atoms in total. The number of benzene rings is 1. The number of nitrogens with zero attached hydrogens (tertiary/aromatic N) is 2. The van der Waals surface area contributed by atoms with Crippen molar-refractivity contribution in [1.29, 1.82) is 0 Å². The van der Waals surface area contributed by atoms with Crippen LogP contribution >= 0.6 is 24.8 Å². The van der Waals surface area contributed by atoms with E-state index in [1.807, 2.05) is 6.92 Å². The fourth-order valence-corrected chi connectivity index (χ4v) is 2.50. The van der Waals surface area contributed by atoms with Crippen LogP contribution in [0.5, 0.6) is 5.75 Å². The Kier molecular flexibility index (Phi) is 11.7. The quantitative estimate of drug-likeness (QED) is 0.817. The molecule has 0 spiro atoms. The molecule has 0 amide bonds. The Balaban J connectivity index is 0.00000220. The Morgan fingerprint density at radius 1 is 1.14 bits per heavy atom. The minimum Gasteiger partial charge on any atom is -0.494 e. The molecule has 0 saturated carbocycles. The monoisotopic (exact) mass is 349 g/mol. The van der Waals surface area contributed by atoms with Gasteiger partial charge in [-0.3, -0.25) is 4.90 Å². The van der Waals surface area contributed by atoms with Gasteiger partial charge in [-0.05, 0) is 31.7 Å². The van der Waals surface area contributed by atoms with Crippen molar-refractivity contribution in [2.24, 2.45) is 0 Å². The van der Waals surface area contributed by atoms with Crippen LogP contribution in [0.4, 0.5) is 0 Å². The molecule has 1 aromatic carbocycles. The average Bonchev–Trinajstić information content (AvgIpc) is 2.49. The van der Waals surface area contributed by atoms with Crippen LogP contribution in [-0.2, 0) is 6.54 Å². The first-order chi connectivity index (χ1) is 9.78. The van der Waals surface area contributed by atoms with Gasteiger partial charge < -0.3 is 15.0 Å². The lowest BCUT2D eigenvalue weighted by molar-refractivity contribution is 0.202. The highest BCUT2D eigenvalue weighted by molar-refractivity contribution is 5.85. The van der Waals surface area contributed by atoms with Gasteiger partial charge in [0.05, 0.1) is 6.61 Å². The van der Waals surface area contributed by atoms with Gasteiger partial charge >= 0.3 is 0 Å². The third-order valence-corrected chi connectivity index (χ3v) is 3.69. The lowest BCUT2D eigenvalue weighted by Crippen LogP contribution is -2.45. The van der Waals surface area contributed by atoms with Gasteiger partial charge in [0.25, 0.3) is 0 Å². The van der Waals surface area contributed by atoms with Gasteiger partial charge in [-0.15, -0.1) is 24.8 Å². The molecule has 22 heavy (non-hydrogen) atoms. The molecule has 1 aliphatic rings. The van der Waals surface area contributed by atoms with Gasteiger partial charge in [-0.25, -0.2) is 0 Å². The van der Waals surface area contributed by atoms with Crippen LogP contribution in [-0.4, -0.2) is 62.7 Å². The van der Waals surface area contributed by atoms with Gasteiger partial charge in [-0.1, -0.05) is 12.1 Å². The third-order valence-electron chi connectivity index (χ3n) is 3.69. The summed E-state index contributed by atoms with van der Waals surface area (Å²) in [6, 6.07) is 8.44. The Morgan fingerprint density at radius 2 is 1.77 bits per heavy atom. The molecule has 1 aromatic rings. The summed E-state index contributed by atoms with van der Waals surface area (Å²) in [7, 11) is 2.19. The summed E-state index contributed by atoms with van der Waals surface area (Å²) in [5.41, 5.74) is 1.34. The maximum absolute atomic E-state index is 5.47. The van der Waals surface area contributed by atoms with Crippen molar-refractivity contribution in [1.82, 2.24) is 15.1 Å². The van der Waals surface area contributed by atoms with E-state index in [1.165, 1.54) is 18.7 Å². The average molecular weight is 350 g/mol. The number of piperazine rings is 1. The fourth-order valence-electron chi connectivity index (χ4n) is 2.50. The zero-order chi connectivity index (χ0) is 14.2. The minimum atomic E-state index is 0. The highest BCUT2D eigenvalue weighted by Gasteiger charge is 2.10. The molecule has 1 N–H and O–H groups in total. The van der Waals surface area contributed by atoms with Crippen molar-refractivity contribution in [2.45, 2.75) is 13.5 Å². The van der Waals surface area contributed by atoms with E-state index >= 15 is 0 Å². The van der Waals surface area contributed by atoms with E-state index in [4.69, 9.17) is 4.74 Å². The van der Waals surface area contributed by atoms with Crippen LogP contribution in [0.15, 0.2) is 24.3 Å². The lowest BCUT2D eigenvalue weighted by Gasteiger charge is -2.29. The zero-order valence-corrected chi connectivity index (χ0v) is 15.2. The predicted molar refractivity (Wildman–Crippen MR) is 97.8 cm³/mol. The minimum absolute atomic E-state index is 0. The smallest absolute Gasteiger partial charge is 0.119 e. The number of ether oxygens (including phenoxy) is 1. The first-order valence-corrected chi connectivity index (χ1v) is 7.61. The van der Waals surface area contributed by atoms with Gasteiger partial charge in [0.1, 0.15) is 5.75 Å². The highest BCUT2D eigenvalue weighted by Crippen LogP contribution is 2.13. The SMILES string of the molecule is CCOc1ccc(CN(C)CCN2CCNCC2)cc1.Cl.Cl. The van der Waals surface area contributed by atoms with Crippen molar-refractivity contribution >= 4 is 24.8 Å². The van der Waals surface area contributed by atoms with Crippen LogP contribution in [0.1, 0.15) is 12.5 Å². The van der Waals surface area contributed by atoms with Crippen LogP contribution in [0.25, 0.3) is 0 Å². The molecule has 128 valence electrons. The predicted octanol–water partition coefficient (Wildman–Crippen LogP) is 2.27. The molecule has 1 aliphatic heterocycles. The van der Waals surface area contributed by atoms with Gasteiger partial charge in [-0.2, -0.15) is 0 Å². The molecule has 0 atom stereocenters. The molecule has 0 radical (unpaired) electrons. The molecule has 2 rings (SSSR count). The molecule has 0 aromatic heterocycles. The van der Waals surface area contributed by atoms with Gasteiger partial charge in [0.15, 0.2) is 0 Å². The molecule has 6 heteroatoms. The van der Waals surface area contributed by atoms with E-state index in [0.29, 0.717) is 0 Å². The number of halogens is 2. The summed E-state index contributed by atoms with van der Waals surface area (Å²) in [6.45, 7) is 10.6. The van der Waals surface area contributed by atoms with Crippen molar-refractivity contribution in [3.05, 3.63) is 29.8 Å². The van der Waals surface area contributed by atoms with Crippen LogP contribution in [0.2, 0.25) is 0 Å². The highest BCUT2D eigenvalue weighted by atomic mass is 35.5. The summed E-state index contributed by atoms with van der Waals surface area (Å²) >= 11 is 0. The number of nitrogens with one attached hydrogen (secondary N) is 1. The first-order valence-electron chi connectivity index (χ1n) is 7.61. The van der Waals surface area contributed by atoms with Gasteiger partial charge in [0.2, 0.25) is 0 Å². The van der Waals surface area contributed by atoms with Crippen molar-refractivity contribution in [3.63, 3.8) is 0 Å². The summed E-state index contributed by atoms with van der Waals surface area (Å²) in [5.74, 6) is 0.958. The van der Waals surface area contributed by atoms with Crippen molar-refractivity contribution in [2.75, 3.05) is 52.9 Å². The third kappa shape index (κ3) is 7.65. The Hall–Kier alpha value is -0.520. The van der Waals surface area contributed by atoms with Crippen LogP contribution in [0, 0.1) is 0 Å². The zero-order valence-electron chi connectivity index (χ0n) is 13.6. The van der Waals surface area contributed by atoms with E-state index in [1.54, 1.807) is 0 Å². The topological polar surface area (TPSA) is 27.7 Å². The molecular weight excluding hydrogens is 321 g/mol. The summed E-state index contributed by atoms with van der Waals surface area (Å²) in [5, 5.41) is 3.39. The summed E-state index contributed by atoms with van der Waals surface area (Å²) in [4.78, 5) is 4.92. The molecule has 0 aliphatic carbocycles. The van der Waals surface area contributed by atoms with E-state index in [9.17, 15) is 0 Å². The molecular formula is C16H29Cl2N3O. The van der Waals surface area contributed by atoms with Crippen LogP contribution in [0.3, 0.4) is 0 Å². The largest absolute Gasteiger partial charge is 0.494 e. The van der Waals surface area contributed by atoms with E-state index < -0.39 is 0 Å². The molecule has 0 unspecified atom stereocenters. The number of hydrogen-bond acceptors (Lipinski definition) is 4. The van der Waals surface area contributed by atoms with Crippen molar-refractivity contribution < 1.29 is 4.74 Å². The van der Waals surface area contributed by atoms with E-state index in [2.05, 4.69) is 46.4 Å². The first kappa shape index (κ1) is 21.5. The number of rotatable bonds is 7. The Morgan fingerprint density at radius 3 is 2.36 bits per heavy atom. The molecule has 1 fully saturated rings. The number of hydrogen-bond donors (Lipinski definition) is 1. The lowest BCUT2D eigenvalue weighted by atomic mass is 10.2. The van der Waals surface area contributed by atoms with E-state index in [-0.39, 0.29) is 24.8 Å². The fraction of sp³-hybridized carbons (Fsp3) is 0.625. The molecule has 0 bridgehead atoms. The Labute approximate surface area is 147 Å². The van der Waals surface area contributed by atoms with E-state index in [0.717, 1.165) is 45.1 Å². The molecule has 1 heterocycles. The molecule has 1 saturated heterocycles. The standard InChI is InChI=1S/C16H27N3O.2ClH/c1-3-20-16-6-4-15(5-7-16)14-18(2)12-13-19-10-8-17-9-11-19;;/h4-7,17H,3,8-14H2,1-2H3;2*1H. The normalized spacial score (nSPS) is 15.0. The second-order valence-electron chi connectivity index (χ2n) is 5.41.